The fourth-order valence-electron chi connectivity index (χ4n) is 1.74. The van der Waals surface area contributed by atoms with E-state index in [2.05, 4.69) is 4.98 Å². The van der Waals surface area contributed by atoms with Crippen molar-refractivity contribution in [1.29, 1.82) is 0 Å². The molecule has 0 unspecified atom stereocenters. The molecule has 8 heteroatoms. The second-order valence-corrected chi connectivity index (χ2v) is 4.04. The van der Waals surface area contributed by atoms with Crippen LogP contribution < -0.4 is 5.73 Å². The fourth-order valence-corrected chi connectivity index (χ4v) is 1.74. The third-order valence-corrected chi connectivity index (χ3v) is 2.71. The number of anilines is 1. The van der Waals surface area contributed by atoms with Crippen LogP contribution in [0.3, 0.4) is 0 Å². The quantitative estimate of drug-likeness (QED) is 0.665. The number of benzene rings is 1. The minimum atomic E-state index is -4.63. The summed E-state index contributed by atoms with van der Waals surface area (Å²) in [5, 5.41) is 8.90. The number of aliphatic hydroxyl groups excluding tert-OH is 1. The van der Waals surface area contributed by atoms with Crippen molar-refractivity contribution in [3.05, 3.63) is 41.5 Å². The van der Waals surface area contributed by atoms with Crippen molar-refractivity contribution in [1.82, 2.24) is 9.55 Å². The van der Waals surface area contributed by atoms with E-state index < -0.39 is 18.3 Å². The maximum absolute atomic E-state index is 13.0. The number of halogens is 3. The maximum atomic E-state index is 13.0. The van der Waals surface area contributed by atoms with Gasteiger partial charge in [0.25, 0.3) is 0 Å². The van der Waals surface area contributed by atoms with Crippen molar-refractivity contribution >= 4 is 12.0 Å². The molecule has 0 aliphatic heterocycles. The summed E-state index contributed by atoms with van der Waals surface area (Å²) in [6, 6.07) is 1.74. The highest BCUT2D eigenvalue weighted by molar-refractivity contribution is 5.85. The lowest BCUT2D eigenvalue weighted by atomic mass is 10.1. The topological polar surface area (TPSA) is 81.1 Å². The monoisotopic (exact) mass is 285 g/mol. The van der Waals surface area contributed by atoms with Gasteiger partial charge in [0.1, 0.15) is 0 Å². The van der Waals surface area contributed by atoms with Gasteiger partial charge in [-0.2, -0.15) is 13.2 Å². The third kappa shape index (κ3) is 2.50. The summed E-state index contributed by atoms with van der Waals surface area (Å²) in [7, 11) is 0. The number of nitrogens with two attached hydrogens (primary N) is 1. The standard InChI is InChI=1S/C12H10F3N3O2/c13-12(14,15)9-2-10(16)7(4-19)1-11(9)18-3-8(5-20)17-6-18/h1-4,6,20H,5,16H2. The van der Waals surface area contributed by atoms with Gasteiger partial charge in [0, 0.05) is 17.4 Å². The molecule has 0 saturated carbocycles. The van der Waals surface area contributed by atoms with Gasteiger partial charge in [0.05, 0.1) is 29.9 Å². The second-order valence-electron chi connectivity index (χ2n) is 4.04. The summed E-state index contributed by atoms with van der Waals surface area (Å²) in [5.74, 6) is 0. The Morgan fingerprint density at radius 3 is 2.60 bits per heavy atom. The average Bonchev–Trinajstić information content (AvgIpc) is 2.86. The lowest BCUT2D eigenvalue weighted by molar-refractivity contribution is -0.137. The van der Waals surface area contributed by atoms with Gasteiger partial charge < -0.3 is 15.4 Å². The Labute approximate surface area is 111 Å². The van der Waals surface area contributed by atoms with E-state index in [1.54, 1.807) is 0 Å². The van der Waals surface area contributed by atoms with Gasteiger partial charge in [-0.25, -0.2) is 4.98 Å². The molecule has 0 atom stereocenters. The molecule has 5 nitrogen and oxygen atoms in total. The van der Waals surface area contributed by atoms with E-state index in [1.807, 2.05) is 0 Å². The molecule has 1 aromatic heterocycles. The molecule has 0 radical (unpaired) electrons. The van der Waals surface area contributed by atoms with Crippen molar-refractivity contribution < 1.29 is 23.1 Å². The maximum Gasteiger partial charge on any atom is 0.418 e. The van der Waals surface area contributed by atoms with Crippen molar-refractivity contribution in [3.8, 4) is 5.69 Å². The minimum absolute atomic E-state index is 0.0488. The van der Waals surface area contributed by atoms with E-state index in [4.69, 9.17) is 10.8 Å². The molecule has 20 heavy (non-hydrogen) atoms. The lowest BCUT2D eigenvalue weighted by Crippen LogP contribution is -2.12. The number of nitrogens with zero attached hydrogens (tertiary/aromatic N) is 2. The van der Waals surface area contributed by atoms with Crippen LogP contribution in [-0.4, -0.2) is 20.9 Å². The molecule has 106 valence electrons. The average molecular weight is 285 g/mol. The smallest absolute Gasteiger partial charge is 0.398 e. The SMILES string of the molecule is Nc1cc(C(F)(F)F)c(-n2cnc(CO)c2)cc1C=O. The number of hydrogen-bond donors (Lipinski definition) is 2. The van der Waals surface area contributed by atoms with Crippen LogP contribution in [0.2, 0.25) is 0 Å². The van der Waals surface area contributed by atoms with Gasteiger partial charge in [-0.05, 0) is 12.1 Å². The first-order chi connectivity index (χ1) is 9.36. The van der Waals surface area contributed by atoms with Crippen LogP contribution in [0.4, 0.5) is 18.9 Å². The zero-order chi connectivity index (χ0) is 14.9. The number of alkyl halides is 3. The first-order valence-corrected chi connectivity index (χ1v) is 5.46. The summed E-state index contributed by atoms with van der Waals surface area (Å²) >= 11 is 0. The van der Waals surface area contributed by atoms with Crippen LogP contribution in [0, 0.1) is 0 Å². The Bertz CT molecular complexity index is 650. The summed E-state index contributed by atoms with van der Waals surface area (Å²) in [6.45, 7) is -0.399. The number of rotatable bonds is 3. The number of imidazole rings is 1. The highest BCUT2D eigenvalue weighted by atomic mass is 19.4. The Morgan fingerprint density at radius 1 is 1.40 bits per heavy atom. The van der Waals surface area contributed by atoms with E-state index in [1.165, 1.54) is 6.20 Å². The number of carbonyl (C=O) groups is 1. The number of aromatic nitrogens is 2. The van der Waals surface area contributed by atoms with Crippen molar-refractivity contribution in [2.45, 2.75) is 12.8 Å². The Hall–Kier alpha value is -2.35. The molecule has 0 aliphatic rings. The van der Waals surface area contributed by atoms with Crippen LogP contribution in [0.1, 0.15) is 21.6 Å². The van der Waals surface area contributed by atoms with Crippen LogP contribution in [0.5, 0.6) is 0 Å². The molecule has 0 fully saturated rings. The van der Waals surface area contributed by atoms with E-state index in [0.29, 0.717) is 12.4 Å². The second kappa shape index (κ2) is 4.97. The Kier molecular flexibility index (Phi) is 3.49. The van der Waals surface area contributed by atoms with Gasteiger partial charge in [-0.15, -0.1) is 0 Å². The molecule has 3 N–H and O–H groups in total. The molecule has 0 amide bonds. The van der Waals surface area contributed by atoms with E-state index in [-0.39, 0.29) is 22.6 Å². The number of hydrogen-bond acceptors (Lipinski definition) is 4. The molecule has 0 spiro atoms. The summed E-state index contributed by atoms with van der Waals surface area (Å²) < 4.78 is 40.1. The van der Waals surface area contributed by atoms with Crippen LogP contribution in [-0.2, 0) is 12.8 Å². The number of nitrogen functional groups attached to an aromatic ring is 1. The van der Waals surface area contributed by atoms with Gasteiger partial charge in [-0.3, -0.25) is 4.79 Å². The summed E-state index contributed by atoms with van der Waals surface area (Å²) in [5.41, 5.74) is 4.06. The normalized spacial score (nSPS) is 11.6. The fraction of sp³-hybridized carbons (Fsp3) is 0.167. The summed E-state index contributed by atoms with van der Waals surface area (Å²) in [6.07, 6.45) is -1.88. The highest BCUT2D eigenvalue weighted by Crippen LogP contribution is 2.36. The van der Waals surface area contributed by atoms with Crippen molar-refractivity contribution in [2.75, 3.05) is 5.73 Å². The molecular formula is C12H10F3N3O2. The molecular weight excluding hydrogens is 275 g/mol. The predicted octanol–water partition coefficient (Wildman–Crippen LogP) is 1.78. The molecule has 1 heterocycles. The van der Waals surface area contributed by atoms with Crippen molar-refractivity contribution in [2.24, 2.45) is 0 Å². The van der Waals surface area contributed by atoms with Crippen molar-refractivity contribution in [3.63, 3.8) is 0 Å². The first kappa shape index (κ1) is 14.1. The largest absolute Gasteiger partial charge is 0.418 e. The van der Waals surface area contributed by atoms with Gasteiger partial charge >= 0.3 is 6.18 Å². The van der Waals surface area contributed by atoms with Crippen LogP contribution in [0.25, 0.3) is 5.69 Å². The van der Waals surface area contributed by atoms with E-state index >= 15 is 0 Å². The molecule has 2 rings (SSSR count). The van der Waals surface area contributed by atoms with Crippen LogP contribution >= 0.6 is 0 Å². The number of aldehydes is 1. The predicted molar refractivity (Wildman–Crippen MR) is 64.3 cm³/mol. The minimum Gasteiger partial charge on any atom is -0.398 e. The molecule has 0 bridgehead atoms. The lowest BCUT2D eigenvalue weighted by Gasteiger charge is -2.15. The van der Waals surface area contributed by atoms with Crippen LogP contribution in [0.15, 0.2) is 24.7 Å². The van der Waals surface area contributed by atoms with Gasteiger partial charge in [0.2, 0.25) is 0 Å². The Morgan fingerprint density at radius 2 is 2.10 bits per heavy atom. The Balaban J connectivity index is 2.68. The summed E-state index contributed by atoms with van der Waals surface area (Å²) in [4.78, 5) is 14.5. The third-order valence-electron chi connectivity index (χ3n) is 2.71. The molecule has 0 aliphatic carbocycles. The number of aliphatic hydroxyl groups is 1. The zero-order valence-electron chi connectivity index (χ0n) is 10.1. The van der Waals surface area contributed by atoms with Gasteiger partial charge in [-0.1, -0.05) is 0 Å². The molecule has 2 aromatic rings. The highest BCUT2D eigenvalue weighted by Gasteiger charge is 2.35. The molecule has 0 saturated heterocycles. The van der Waals surface area contributed by atoms with Gasteiger partial charge in [0.15, 0.2) is 6.29 Å². The van der Waals surface area contributed by atoms with E-state index in [0.717, 1.165) is 17.0 Å². The number of carbonyl (C=O) groups excluding carboxylic acids is 1. The molecule has 1 aromatic carbocycles. The van der Waals surface area contributed by atoms with E-state index in [9.17, 15) is 18.0 Å². The first-order valence-electron chi connectivity index (χ1n) is 5.46. The zero-order valence-corrected chi connectivity index (χ0v) is 10.1.